The summed E-state index contributed by atoms with van der Waals surface area (Å²) in [6, 6.07) is 15.7. The Morgan fingerprint density at radius 2 is 1.80 bits per heavy atom. The van der Waals surface area contributed by atoms with Gasteiger partial charge in [0.1, 0.15) is 11.5 Å². The summed E-state index contributed by atoms with van der Waals surface area (Å²) >= 11 is 4.40. The second-order valence-corrected chi connectivity index (χ2v) is 7.75. The van der Waals surface area contributed by atoms with Crippen LogP contribution in [0.5, 0.6) is 11.5 Å². The summed E-state index contributed by atoms with van der Waals surface area (Å²) in [4.78, 5) is 17.2. The number of nitrogens with zero attached hydrogens (tertiary/aromatic N) is 2. The van der Waals surface area contributed by atoms with E-state index in [4.69, 9.17) is 9.47 Å². The Labute approximate surface area is 184 Å². The van der Waals surface area contributed by atoms with E-state index in [2.05, 4.69) is 35.0 Å². The minimum atomic E-state index is -0.279. The Morgan fingerprint density at radius 1 is 1.07 bits per heavy atom. The maximum atomic E-state index is 13.0. The number of carbonyl (C=O) groups is 1. The number of methoxy groups -OCH3 is 2. The summed E-state index contributed by atoms with van der Waals surface area (Å²) in [5, 5.41) is 3.35. The second kappa shape index (κ2) is 11.2. The number of ether oxygens (including phenoxy) is 2. The van der Waals surface area contributed by atoms with Gasteiger partial charge < -0.3 is 19.7 Å². The Hall–Kier alpha value is -2.22. The van der Waals surface area contributed by atoms with Gasteiger partial charge in [0.05, 0.1) is 20.3 Å². The number of amides is 1. The van der Waals surface area contributed by atoms with Gasteiger partial charge in [0.25, 0.3) is 0 Å². The molecule has 0 aromatic heterocycles. The summed E-state index contributed by atoms with van der Waals surface area (Å²) in [6.45, 7) is 4.50. The number of thiol groups is 1. The first-order chi connectivity index (χ1) is 14.6. The van der Waals surface area contributed by atoms with E-state index < -0.39 is 0 Å². The van der Waals surface area contributed by atoms with Crippen LogP contribution in [0.3, 0.4) is 0 Å². The minimum Gasteiger partial charge on any atom is -0.497 e. The Balaban J connectivity index is 1.52. The highest BCUT2D eigenvalue weighted by Gasteiger charge is 2.27. The molecule has 1 atom stereocenters. The Bertz CT molecular complexity index is 811. The van der Waals surface area contributed by atoms with E-state index in [0.29, 0.717) is 25.4 Å². The van der Waals surface area contributed by atoms with E-state index in [0.717, 1.165) is 42.3 Å². The lowest BCUT2D eigenvalue weighted by atomic mass is 10.1. The van der Waals surface area contributed by atoms with Gasteiger partial charge in [-0.2, -0.15) is 12.6 Å². The summed E-state index contributed by atoms with van der Waals surface area (Å²) in [6.07, 6.45) is 0. The van der Waals surface area contributed by atoms with Crippen molar-refractivity contribution in [3.63, 3.8) is 0 Å². The van der Waals surface area contributed by atoms with E-state index in [-0.39, 0.29) is 11.9 Å². The van der Waals surface area contributed by atoms with Crippen LogP contribution in [-0.2, 0) is 17.9 Å². The smallest absolute Gasteiger partial charge is 0.240 e. The number of rotatable bonds is 9. The zero-order chi connectivity index (χ0) is 21.3. The maximum absolute atomic E-state index is 13.0. The summed E-state index contributed by atoms with van der Waals surface area (Å²) in [5.74, 6) is 2.28. The molecule has 0 spiro atoms. The van der Waals surface area contributed by atoms with Crippen LogP contribution in [0.15, 0.2) is 48.5 Å². The van der Waals surface area contributed by atoms with Gasteiger partial charge in [0, 0.05) is 50.6 Å². The average molecular weight is 430 g/mol. The zero-order valence-electron chi connectivity index (χ0n) is 17.7. The first kappa shape index (κ1) is 22.5. The monoisotopic (exact) mass is 429 g/mol. The molecule has 2 aromatic rings. The van der Waals surface area contributed by atoms with Gasteiger partial charge in [-0.25, -0.2) is 0 Å². The molecule has 1 amide bonds. The molecule has 1 heterocycles. The molecule has 1 fully saturated rings. The largest absolute Gasteiger partial charge is 0.497 e. The number of nitrogens with one attached hydrogen (secondary N) is 1. The fraction of sp³-hybridized carbons (Fsp3) is 0.435. The van der Waals surface area contributed by atoms with Crippen molar-refractivity contribution < 1.29 is 14.3 Å². The van der Waals surface area contributed by atoms with Crippen molar-refractivity contribution in [3.05, 3.63) is 59.7 Å². The third-order valence-corrected chi connectivity index (χ3v) is 5.81. The van der Waals surface area contributed by atoms with Gasteiger partial charge >= 0.3 is 0 Å². The minimum absolute atomic E-state index is 0.125. The fourth-order valence-corrected chi connectivity index (χ4v) is 3.95. The van der Waals surface area contributed by atoms with E-state index in [1.54, 1.807) is 14.2 Å². The predicted molar refractivity (Wildman–Crippen MR) is 122 cm³/mol. The molecule has 1 saturated heterocycles. The molecular weight excluding hydrogens is 398 g/mol. The molecule has 0 aliphatic carbocycles. The lowest BCUT2D eigenvalue weighted by Gasteiger charge is -2.36. The molecule has 6 nitrogen and oxygen atoms in total. The van der Waals surface area contributed by atoms with Crippen molar-refractivity contribution >= 4 is 18.5 Å². The molecule has 7 heteroatoms. The van der Waals surface area contributed by atoms with E-state index in [1.165, 1.54) is 0 Å². The first-order valence-electron chi connectivity index (χ1n) is 10.2. The standard InChI is InChI=1S/C23H31N3O3S/c1-28-20-8-9-22(29-2)19(14-20)16-25-10-12-26(13-11-25)23(27)21(17-30)24-15-18-6-4-3-5-7-18/h3-9,14,21,24,30H,10-13,15-17H2,1-2H3/t21-/m0/s1. The molecule has 0 unspecified atom stereocenters. The Kier molecular flexibility index (Phi) is 8.42. The lowest BCUT2D eigenvalue weighted by Crippen LogP contribution is -2.54. The molecule has 162 valence electrons. The van der Waals surface area contributed by atoms with E-state index >= 15 is 0 Å². The van der Waals surface area contributed by atoms with Crippen molar-refractivity contribution in [3.8, 4) is 11.5 Å². The third-order valence-electron chi connectivity index (χ3n) is 5.44. The summed E-state index contributed by atoms with van der Waals surface area (Å²) in [7, 11) is 3.35. The Morgan fingerprint density at radius 3 is 2.43 bits per heavy atom. The van der Waals surface area contributed by atoms with Crippen LogP contribution in [0.25, 0.3) is 0 Å². The van der Waals surface area contributed by atoms with E-state index in [9.17, 15) is 4.79 Å². The highest BCUT2D eigenvalue weighted by Crippen LogP contribution is 2.25. The van der Waals surface area contributed by atoms with Crippen molar-refractivity contribution in [2.75, 3.05) is 46.2 Å². The van der Waals surface area contributed by atoms with Crippen molar-refractivity contribution in [1.82, 2.24) is 15.1 Å². The lowest BCUT2D eigenvalue weighted by molar-refractivity contribution is -0.134. The average Bonchev–Trinajstić information content (AvgIpc) is 2.80. The van der Waals surface area contributed by atoms with Crippen LogP contribution in [0, 0.1) is 0 Å². The van der Waals surface area contributed by atoms with Crippen molar-refractivity contribution in [1.29, 1.82) is 0 Å². The van der Waals surface area contributed by atoms with Crippen LogP contribution >= 0.6 is 12.6 Å². The van der Waals surface area contributed by atoms with Crippen LogP contribution in [-0.4, -0.2) is 67.9 Å². The molecule has 0 saturated carbocycles. The van der Waals surface area contributed by atoms with Gasteiger partial charge in [0.15, 0.2) is 0 Å². The SMILES string of the molecule is COc1ccc(OC)c(CN2CCN(C(=O)[C@H](CS)NCc3ccccc3)CC2)c1. The number of hydrogen-bond acceptors (Lipinski definition) is 6. The highest BCUT2D eigenvalue weighted by molar-refractivity contribution is 7.80. The zero-order valence-corrected chi connectivity index (χ0v) is 18.6. The molecule has 0 radical (unpaired) electrons. The third kappa shape index (κ3) is 5.90. The molecule has 3 rings (SSSR count). The number of benzene rings is 2. The topological polar surface area (TPSA) is 54.0 Å². The van der Waals surface area contributed by atoms with Crippen LogP contribution in [0.2, 0.25) is 0 Å². The normalized spacial score (nSPS) is 15.6. The summed E-state index contributed by atoms with van der Waals surface area (Å²) < 4.78 is 10.8. The number of carbonyl (C=O) groups excluding carboxylic acids is 1. The van der Waals surface area contributed by atoms with Gasteiger partial charge in [-0.3, -0.25) is 9.69 Å². The molecule has 2 aromatic carbocycles. The van der Waals surface area contributed by atoms with Gasteiger partial charge in [-0.05, 0) is 23.8 Å². The van der Waals surface area contributed by atoms with Gasteiger partial charge in [0.2, 0.25) is 5.91 Å². The number of piperazine rings is 1. The first-order valence-corrected chi connectivity index (χ1v) is 10.9. The maximum Gasteiger partial charge on any atom is 0.240 e. The van der Waals surface area contributed by atoms with E-state index in [1.807, 2.05) is 41.3 Å². The fourth-order valence-electron chi connectivity index (χ4n) is 3.66. The van der Waals surface area contributed by atoms with Crippen LogP contribution in [0.4, 0.5) is 0 Å². The predicted octanol–water partition coefficient (Wildman–Crippen LogP) is 2.44. The highest BCUT2D eigenvalue weighted by atomic mass is 32.1. The quantitative estimate of drug-likeness (QED) is 0.600. The second-order valence-electron chi connectivity index (χ2n) is 7.38. The molecule has 30 heavy (non-hydrogen) atoms. The molecule has 1 aliphatic rings. The number of hydrogen-bond donors (Lipinski definition) is 2. The van der Waals surface area contributed by atoms with Crippen molar-refractivity contribution in [2.45, 2.75) is 19.1 Å². The van der Waals surface area contributed by atoms with Gasteiger partial charge in [-0.15, -0.1) is 0 Å². The molecular formula is C23H31N3O3S. The molecule has 1 N–H and O–H groups in total. The van der Waals surface area contributed by atoms with Crippen molar-refractivity contribution in [2.24, 2.45) is 0 Å². The van der Waals surface area contributed by atoms with Crippen LogP contribution < -0.4 is 14.8 Å². The van der Waals surface area contributed by atoms with Gasteiger partial charge in [-0.1, -0.05) is 30.3 Å². The summed E-state index contributed by atoms with van der Waals surface area (Å²) in [5.41, 5.74) is 2.25. The molecule has 0 bridgehead atoms. The molecule has 1 aliphatic heterocycles. The van der Waals surface area contributed by atoms with Crippen LogP contribution in [0.1, 0.15) is 11.1 Å².